The van der Waals surface area contributed by atoms with Crippen molar-refractivity contribution in [1.82, 2.24) is 0 Å². The normalized spacial score (nSPS) is 20.2. The van der Waals surface area contributed by atoms with Crippen LogP contribution in [0.4, 0.5) is 5.69 Å². The fourth-order valence-corrected chi connectivity index (χ4v) is 6.27. The van der Waals surface area contributed by atoms with E-state index in [1.807, 2.05) is 30.0 Å². The predicted molar refractivity (Wildman–Crippen MR) is 136 cm³/mol. The van der Waals surface area contributed by atoms with Gasteiger partial charge in [0.15, 0.2) is 5.78 Å². The third kappa shape index (κ3) is 4.35. The maximum atomic E-state index is 13.6. The summed E-state index contributed by atoms with van der Waals surface area (Å²) in [7, 11) is 0. The van der Waals surface area contributed by atoms with Crippen LogP contribution in [0.3, 0.4) is 0 Å². The molecule has 1 aromatic heterocycles. The SMILES string of the molecule is CCCCc1ccc(C2C(C#N)=C(N)N(c3cc(Cl)ccc3C)C3=C2C(=O)CC(C)(C)C3)s1. The summed E-state index contributed by atoms with van der Waals surface area (Å²) in [6.07, 6.45) is 4.41. The third-order valence-corrected chi connectivity index (χ3v) is 7.98. The van der Waals surface area contributed by atoms with Crippen molar-refractivity contribution >= 4 is 34.4 Å². The molecule has 0 saturated heterocycles. The second-order valence-corrected chi connectivity index (χ2v) is 11.5. The Labute approximate surface area is 205 Å². The standard InChI is InChI=1S/C27H30ClN3OS/c1-5-6-7-18-10-11-23(33-18)24-19(15-29)26(30)31(20-12-17(28)9-8-16(20)2)21-13-27(3,4)14-22(32)25(21)24/h8-12,24H,5-7,13-14,30H2,1-4H3. The molecule has 0 saturated carbocycles. The molecule has 0 spiro atoms. The maximum Gasteiger partial charge on any atom is 0.162 e. The molecule has 1 aliphatic carbocycles. The summed E-state index contributed by atoms with van der Waals surface area (Å²) in [6, 6.07) is 12.2. The zero-order valence-electron chi connectivity index (χ0n) is 19.7. The minimum absolute atomic E-state index is 0.0969. The lowest BCUT2D eigenvalue weighted by Gasteiger charge is -2.44. The van der Waals surface area contributed by atoms with Crippen molar-refractivity contribution < 1.29 is 4.79 Å². The lowest BCUT2D eigenvalue weighted by atomic mass is 9.69. The van der Waals surface area contributed by atoms with E-state index in [9.17, 15) is 10.1 Å². The van der Waals surface area contributed by atoms with Gasteiger partial charge in [-0.25, -0.2) is 0 Å². The quantitative estimate of drug-likeness (QED) is 0.501. The molecule has 1 unspecified atom stereocenters. The van der Waals surface area contributed by atoms with Crippen molar-refractivity contribution in [2.45, 2.75) is 65.7 Å². The van der Waals surface area contributed by atoms with Gasteiger partial charge in [-0.2, -0.15) is 5.26 Å². The van der Waals surface area contributed by atoms with Gasteiger partial charge in [0.25, 0.3) is 0 Å². The molecule has 0 fully saturated rings. The third-order valence-electron chi connectivity index (χ3n) is 6.54. The van der Waals surface area contributed by atoms with Crippen LogP contribution < -0.4 is 10.6 Å². The van der Waals surface area contributed by atoms with E-state index in [4.69, 9.17) is 17.3 Å². The van der Waals surface area contributed by atoms with Crippen LogP contribution in [-0.4, -0.2) is 5.78 Å². The summed E-state index contributed by atoms with van der Waals surface area (Å²) in [5, 5.41) is 10.8. The Morgan fingerprint density at radius 2 is 2.03 bits per heavy atom. The summed E-state index contributed by atoms with van der Waals surface area (Å²) in [6.45, 7) is 8.39. The van der Waals surface area contributed by atoms with E-state index in [-0.39, 0.29) is 11.2 Å². The number of allylic oxidation sites excluding steroid dienone is 3. The van der Waals surface area contributed by atoms with Crippen LogP contribution in [0.1, 0.15) is 67.7 Å². The van der Waals surface area contributed by atoms with Crippen LogP contribution in [-0.2, 0) is 11.2 Å². The monoisotopic (exact) mass is 479 g/mol. The van der Waals surface area contributed by atoms with Gasteiger partial charge in [-0.3, -0.25) is 9.69 Å². The molecular weight excluding hydrogens is 450 g/mol. The van der Waals surface area contributed by atoms with Gasteiger partial charge in [0.1, 0.15) is 5.82 Å². The van der Waals surface area contributed by atoms with E-state index in [1.54, 1.807) is 11.3 Å². The number of carbonyl (C=O) groups is 1. The molecule has 4 nitrogen and oxygen atoms in total. The molecular formula is C27H30ClN3OS. The van der Waals surface area contributed by atoms with Gasteiger partial charge in [0, 0.05) is 32.5 Å². The first-order chi connectivity index (χ1) is 15.7. The molecule has 2 aliphatic rings. The number of thiophene rings is 1. The second kappa shape index (κ2) is 9.00. The van der Waals surface area contributed by atoms with Crippen molar-refractivity contribution in [3.05, 3.63) is 73.3 Å². The van der Waals surface area contributed by atoms with Gasteiger partial charge < -0.3 is 5.73 Å². The first-order valence-electron chi connectivity index (χ1n) is 11.5. The Kier molecular flexibility index (Phi) is 6.44. The minimum atomic E-state index is -0.412. The number of hydrogen-bond donors (Lipinski definition) is 1. The summed E-state index contributed by atoms with van der Waals surface area (Å²) in [5.41, 5.74) is 10.4. The summed E-state index contributed by atoms with van der Waals surface area (Å²) in [5.74, 6) is 0.0741. The van der Waals surface area contributed by atoms with E-state index >= 15 is 0 Å². The van der Waals surface area contributed by atoms with E-state index in [0.717, 1.165) is 41.1 Å². The first kappa shape index (κ1) is 23.6. The summed E-state index contributed by atoms with van der Waals surface area (Å²) in [4.78, 5) is 17.8. The number of benzene rings is 1. The summed E-state index contributed by atoms with van der Waals surface area (Å²) < 4.78 is 0. The van der Waals surface area contributed by atoms with Gasteiger partial charge in [0.2, 0.25) is 0 Å². The van der Waals surface area contributed by atoms with Crippen LogP contribution >= 0.6 is 22.9 Å². The second-order valence-electron chi connectivity index (χ2n) is 9.82. The van der Waals surface area contributed by atoms with E-state index in [0.29, 0.717) is 34.8 Å². The van der Waals surface area contributed by atoms with Crippen LogP contribution in [0, 0.1) is 23.7 Å². The molecule has 1 aliphatic heterocycles. The molecule has 0 radical (unpaired) electrons. The van der Waals surface area contributed by atoms with Gasteiger partial charge in [-0.15, -0.1) is 11.3 Å². The van der Waals surface area contributed by atoms with Crippen molar-refractivity contribution in [3.63, 3.8) is 0 Å². The number of nitriles is 1. The molecule has 6 heteroatoms. The number of aryl methyl sites for hydroxylation is 2. The number of nitrogens with zero attached hydrogens (tertiary/aromatic N) is 2. The molecule has 2 aromatic rings. The number of Topliss-reactive ketones (excluding diaryl/α,β-unsaturated/α-hetero) is 1. The zero-order valence-corrected chi connectivity index (χ0v) is 21.2. The Balaban J connectivity index is 1.94. The average Bonchev–Trinajstić information content (AvgIpc) is 3.21. The van der Waals surface area contributed by atoms with Crippen LogP contribution in [0.2, 0.25) is 5.02 Å². The van der Waals surface area contributed by atoms with Gasteiger partial charge >= 0.3 is 0 Å². The van der Waals surface area contributed by atoms with E-state index < -0.39 is 5.92 Å². The smallest absolute Gasteiger partial charge is 0.162 e. The van der Waals surface area contributed by atoms with Gasteiger partial charge in [-0.1, -0.05) is 44.9 Å². The minimum Gasteiger partial charge on any atom is -0.384 e. The molecule has 4 rings (SSSR count). The number of ketones is 1. The molecule has 2 N–H and O–H groups in total. The lowest BCUT2D eigenvalue weighted by molar-refractivity contribution is -0.118. The van der Waals surface area contributed by atoms with Gasteiger partial charge in [0.05, 0.1) is 23.2 Å². The molecule has 0 amide bonds. The van der Waals surface area contributed by atoms with Crippen molar-refractivity contribution in [3.8, 4) is 6.07 Å². The Hall–Kier alpha value is -2.55. The first-order valence-corrected chi connectivity index (χ1v) is 12.7. The molecule has 1 atom stereocenters. The van der Waals surface area contributed by atoms with E-state index in [2.05, 4.69) is 39.0 Å². The highest BCUT2D eigenvalue weighted by molar-refractivity contribution is 7.12. The number of carbonyl (C=O) groups excluding carboxylic acids is 1. The highest BCUT2D eigenvalue weighted by Gasteiger charge is 2.45. The number of rotatable bonds is 5. The number of halogens is 1. The van der Waals surface area contributed by atoms with Crippen LogP contribution in [0.15, 0.2) is 53.0 Å². The Morgan fingerprint density at radius 1 is 1.27 bits per heavy atom. The highest BCUT2D eigenvalue weighted by atomic mass is 35.5. The van der Waals surface area contributed by atoms with Crippen LogP contribution in [0.25, 0.3) is 0 Å². The van der Waals surface area contributed by atoms with Crippen LogP contribution in [0.5, 0.6) is 0 Å². The highest BCUT2D eigenvalue weighted by Crippen LogP contribution is 2.51. The molecule has 172 valence electrons. The fraction of sp³-hybridized carbons (Fsp3) is 0.407. The van der Waals surface area contributed by atoms with Gasteiger partial charge in [-0.05, 0) is 61.4 Å². The topological polar surface area (TPSA) is 70.1 Å². The fourth-order valence-electron chi connectivity index (χ4n) is 4.93. The Morgan fingerprint density at radius 3 is 2.73 bits per heavy atom. The van der Waals surface area contributed by atoms with Crippen molar-refractivity contribution in [1.29, 1.82) is 5.26 Å². The zero-order chi connectivity index (χ0) is 23.9. The number of hydrogen-bond acceptors (Lipinski definition) is 5. The van der Waals surface area contributed by atoms with E-state index in [1.165, 1.54) is 4.88 Å². The lowest BCUT2D eigenvalue weighted by Crippen LogP contribution is -2.42. The molecule has 0 bridgehead atoms. The molecule has 1 aromatic carbocycles. The number of anilines is 1. The molecule has 2 heterocycles. The molecule has 33 heavy (non-hydrogen) atoms. The predicted octanol–water partition coefficient (Wildman–Crippen LogP) is 6.99. The number of nitrogens with two attached hydrogens (primary N) is 1. The largest absolute Gasteiger partial charge is 0.384 e. The number of unbranched alkanes of at least 4 members (excludes halogenated alkanes) is 1. The average molecular weight is 480 g/mol. The van der Waals surface area contributed by atoms with Crippen molar-refractivity contribution in [2.24, 2.45) is 11.1 Å². The Bertz CT molecular complexity index is 1210. The maximum absolute atomic E-state index is 13.6. The van der Waals surface area contributed by atoms with Crippen molar-refractivity contribution in [2.75, 3.05) is 4.90 Å². The summed E-state index contributed by atoms with van der Waals surface area (Å²) >= 11 is 8.05.